The Balaban J connectivity index is 2.00. The summed E-state index contributed by atoms with van der Waals surface area (Å²) in [7, 11) is 1.35. The number of carbonyl (C=O) groups excluding carboxylic acids is 3. The van der Waals surface area contributed by atoms with Gasteiger partial charge in [0.2, 0.25) is 11.8 Å². The van der Waals surface area contributed by atoms with Crippen molar-refractivity contribution >= 4 is 17.8 Å². The molecule has 1 saturated heterocycles. The number of hydrogen-bond acceptors (Lipinski definition) is 4. The fourth-order valence-electron chi connectivity index (χ4n) is 3.73. The number of ether oxygens (including phenoxy) is 1. The second-order valence-corrected chi connectivity index (χ2v) is 6.85. The molecule has 0 radical (unpaired) electrons. The molecule has 1 heterocycles. The summed E-state index contributed by atoms with van der Waals surface area (Å²) < 4.78 is 4.72. The zero-order valence-corrected chi connectivity index (χ0v) is 13.8. The summed E-state index contributed by atoms with van der Waals surface area (Å²) in [6.45, 7) is 4.11. The molecule has 3 atom stereocenters. The lowest BCUT2D eigenvalue weighted by Crippen LogP contribution is -2.36. The topological polar surface area (TPSA) is 63.7 Å². The number of rotatable bonds is 5. The number of carbonyl (C=O) groups is 3. The Morgan fingerprint density at radius 2 is 1.86 bits per heavy atom. The molecule has 0 bridgehead atoms. The minimum Gasteiger partial charge on any atom is -0.469 e. The van der Waals surface area contributed by atoms with Gasteiger partial charge in [0.15, 0.2) is 0 Å². The Morgan fingerprint density at radius 1 is 1.23 bits per heavy atom. The first kappa shape index (κ1) is 17.0. The highest BCUT2D eigenvalue weighted by Gasteiger charge is 2.46. The molecule has 2 rings (SSSR count). The Hall–Kier alpha value is -1.39. The molecule has 2 aliphatic rings. The van der Waals surface area contributed by atoms with Crippen LogP contribution in [-0.4, -0.2) is 36.3 Å². The third kappa shape index (κ3) is 3.50. The molecule has 22 heavy (non-hydrogen) atoms. The zero-order chi connectivity index (χ0) is 16.3. The highest BCUT2D eigenvalue weighted by atomic mass is 16.5. The molecule has 0 aromatic rings. The summed E-state index contributed by atoms with van der Waals surface area (Å²) in [6.07, 6.45) is 6.25. The van der Waals surface area contributed by atoms with Gasteiger partial charge in [-0.1, -0.05) is 33.1 Å². The molecule has 3 unspecified atom stereocenters. The van der Waals surface area contributed by atoms with Crippen LogP contribution in [0.2, 0.25) is 0 Å². The lowest BCUT2D eigenvalue weighted by atomic mass is 9.88. The minimum absolute atomic E-state index is 0.0716. The van der Waals surface area contributed by atoms with Gasteiger partial charge in [-0.15, -0.1) is 0 Å². The van der Waals surface area contributed by atoms with Gasteiger partial charge in [-0.2, -0.15) is 0 Å². The van der Waals surface area contributed by atoms with Crippen LogP contribution in [-0.2, 0) is 19.1 Å². The maximum absolute atomic E-state index is 12.6. The Kier molecular flexibility index (Phi) is 5.59. The number of amides is 2. The van der Waals surface area contributed by atoms with Crippen molar-refractivity contribution in [2.45, 2.75) is 52.4 Å². The van der Waals surface area contributed by atoms with E-state index in [-0.39, 0.29) is 35.5 Å². The fourth-order valence-corrected chi connectivity index (χ4v) is 3.73. The summed E-state index contributed by atoms with van der Waals surface area (Å²) in [5.41, 5.74) is 0. The lowest BCUT2D eigenvalue weighted by Gasteiger charge is -2.26. The second kappa shape index (κ2) is 7.25. The molecule has 1 aliphatic heterocycles. The molecular formula is C17H27NO4. The van der Waals surface area contributed by atoms with E-state index in [2.05, 4.69) is 0 Å². The molecule has 124 valence electrons. The maximum atomic E-state index is 12.6. The normalized spacial score (nSPS) is 28.0. The lowest BCUT2D eigenvalue weighted by molar-refractivity contribution is -0.145. The quantitative estimate of drug-likeness (QED) is 0.578. The molecule has 1 aliphatic carbocycles. The van der Waals surface area contributed by atoms with E-state index in [4.69, 9.17) is 4.74 Å². The van der Waals surface area contributed by atoms with Crippen LogP contribution in [0.3, 0.4) is 0 Å². The van der Waals surface area contributed by atoms with Crippen LogP contribution in [0.4, 0.5) is 0 Å². The average molecular weight is 309 g/mol. The van der Waals surface area contributed by atoms with Crippen molar-refractivity contribution < 1.29 is 19.1 Å². The number of imide groups is 1. The van der Waals surface area contributed by atoms with Gasteiger partial charge in [-0.05, 0) is 25.2 Å². The highest BCUT2D eigenvalue weighted by Crippen LogP contribution is 2.34. The van der Waals surface area contributed by atoms with Gasteiger partial charge in [0.1, 0.15) is 0 Å². The van der Waals surface area contributed by atoms with Gasteiger partial charge in [-0.3, -0.25) is 19.3 Å². The predicted octanol–water partition coefficient (Wildman–Crippen LogP) is 2.39. The van der Waals surface area contributed by atoms with Gasteiger partial charge in [0.25, 0.3) is 0 Å². The molecule has 2 amide bonds. The van der Waals surface area contributed by atoms with Crippen LogP contribution in [0.25, 0.3) is 0 Å². The van der Waals surface area contributed by atoms with Crippen molar-refractivity contribution in [3.63, 3.8) is 0 Å². The molecule has 5 nitrogen and oxygen atoms in total. The van der Waals surface area contributed by atoms with Crippen molar-refractivity contribution in [3.8, 4) is 0 Å². The van der Waals surface area contributed by atoms with Crippen LogP contribution >= 0.6 is 0 Å². The standard InChI is InChI=1S/C17H27NO4/c1-11(17(21)22-3)9-14-12(2)15(19)18(16(14)20)10-13-7-5-4-6-8-13/h11-14H,4-10H2,1-3H3. The van der Waals surface area contributed by atoms with E-state index in [1.165, 1.54) is 31.3 Å². The van der Waals surface area contributed by atoms with Crippen molar-refractivity contribution in [3.05, 3.63) is 0 Å². The van der Waals surface area contributed by atoms with E-state index < -0.39 is 0 Å². The smallest absolute Gasteiger partial charge is 0.308 e. The zero-order valence-electron chi connectivity index (χ0n) is 13.8. The monoisotopic (exact) mass is 309 g/mol. The fraction of sp³-hybridized carbons (Fsp3) is 0.824. The van der Waals surface area contributed by atoms with Crippen LogP contribution in [0.5, 0.6) is 0 Å². The van der Waals surface area contributed by atoms with Gasteiger partial charge in [0, 0.05) is 12.5 Å². The predicted molar refractivity (Wildman–Crippen MR) is 81.7 cm³/mol. The van der Waals surface area contributed by atoms with E-state index in [0.717, 1.165) is 12.8 Å². The third-order valence-corrected chi connectivity index (χ3v) is 5.22. The Labute approximate surface area is 132 Å². The average Bonchev–Trinajstić information content (AvgIpc) is 2.73. The molecule has 1 saturated carbocycles. The van der Waals surface area contributed by atoms with Crippen LogP contribution < -0.4 is 0 Å². The van der Waals surface area contributed by atoms with Crippen molar-refractivity contribution in [2.24, 2.45) is 23.7 Å². The first-order chi connectivity index (χ1) is 10.5. The number of likely N-dealkylation sites (tertiary alicyclic amines) is 1. The minimum atomic E-state index is -0.384. The summed E-state index contributed by atoms with van der Waals surface area (Å²) in [6, 6.07) is 0. The molecule has 0 N–H and O–H groups in total. The first-order valence-electron chi connectivity index (χ1n) is 8.38. The van der Waals surface area contributed by atoms with E-state index in [9.17, 15) is 14.4 Å². The van der Waals surface area contributed by atoms with Crippen LogP contribution in [0.1, 0.15) is 52.4 Å². The Morgan fingerprint density at radius 3 is 2.45 bits per heavy atom. The summed E-state index contributed by atoms with van der Waals surface area (Å²) >= 11 is 0. The second-order valence-electron chi connectivity index (χ2n) is 6.85. The van der Waals surface area contributed by atoms with Gasteiger partial charge < -0.3 is 4.74 Å². The van der Waals surface area contributed by atoms with Crippen molar-refractivity contribution in [1.82, 2.24) is 4.90 Å². The number of methoxy groups -OCH3 is 1. The number of nitrogens with zero attached hydrogens (tertiary/aromatic N) is 1. The Bertz CT molecular complexity index is 442. The van der Waals surface area contributed by atoms with Gasteiger partial charge in [-0.25, -0.2) is 0 Å². The first-order valence-corrected chi connectivity index (χ1v) is 8.38. The third-order valence-electron chi connectivity index (χ3n) is 5.22. The molecule has 0 aromatic carbocycles. The molecule has 2 fully saturated rings. The number of hydrogen-bond donors (Lipinski definition) is 0. The van der Waals surface area contributed by atoms with Crippen molar-refractivity contribution in [2.75, 3.05) is 13.7 Å². The summed E-state index contributed by atoms with van der Waals surface area (Å²) in [5, 5.41) is 0. The van der Waals surface area contributed by atoms with E-state index in [1.807, 2.05) is 0 Å². The SMILES string of the molecule is COC(=O)C(C)CC1C(=O)N(CC2CCCCC2)C(=O)C1C. The van der Waals surface area contributed by atoms with Gasteiger partial charge >= 0.3 is 5.97 Å². The van der Waals surface area contributed by atoms with Gasteiger partial charge in [0.05, 0.1) is 18.9 Å². The van der Waals surface area contributed by atoms with Crippen molar-refractivity contribution in [1.29, 1.82) is 0 Å². The van der Waals surface area contributed by atoms with E-state index >= 15 is 0 Å². The summed E-state index contributed by atoms with van der Waals surface area (Å²) in [4.78, 5) is 38.0. The number of esters is 1. The highest BCUT2D eigenvalue weighted by molar-refractivity contribution is 6.05. The van der Waals surface area contributed by atoms with E-state index in [0.29, 0.717) is 18.9 Å². The van der Waals surface area contributed by atoms with E-state index in [1.54, 1.807) is 13.8 Å². The van der Waals surface area contributed by atoms with Crippen LogP contribution in [0, 0.1) is 23.7 Å². The maximum Gasteiger partial charge on any atom is 0.308 e. The summed E-state index contributed by atoms with van der Waals surface area (Å²) in [5.74, 6) is -1.11. The molecular weight excluding hydrogens is 282 g/mol. The molecule has 0 spiro atoms. The van der Waals surface area contributed by atoms with Crippen LogP contribution in [0.15, 0.2) is 0 Å². The molecule has 0 aromatic heterocycles. The molecule has 5 heteroatoms. The largest absolute Gasteiger partial charge is 0.469 e.